The summed E-state index contributed by atoms with van der Waals surface area (Å²) in [5.41, 5.74) is 2.37. The van der Waals surface area contributed by atoms with Gasteiger partial charge in [-0.15, -0.1) is 0 Å². The van der Waals surface area contributed by atoms with Crippen LogP contribution in [0.2, 0.25) is 0 Å². The van der Waals surface area contributed by atoms with Gasteiger partial charge in [-0.25, -0.2) is 0 Å². The molecule has 0 unspecified atom stereocenters. The normalized spacial score (nSPS) is 13.2. The molecule has 0 aliphatic rings. The lowest BCUT2D eigenvalue weighted by atomic mass is 9.90. The molecule has 1 aromatic heterocycles. The van der Waals surface area contributed by atoms with E-state index in [9.17, 15) is 0 Å². The fraction of sp³-hybridized carbons (Fsp3) is 0.821. The molecule has 0 aliphatic carbocycles. The van der Waals surface area contributed by atoms with Crippen LogP contribution in [-0.4, -0.2) is 81.1 Å². The van der Waals surface area contributed by atoms with Gasteiger partial charge in [-0.1, -0.05) is 54.4 Å². The number of aryl methyl sites for hydroxylation is 1. The van der Waals surface area contributed by atoms with Crippen LogP contribution in [0.4, 0.5) is 0 Å². The van der Waals surface area contributed by atoms with E-state index in [2.05, 4.69) is 62.9 Å². The number of hydrogen-bond acceptors (Lipinski definition) is 8. The minimum absolute atomic E-state index is 0.151. The summed E-state index contributed by atoms with van der Waals surface area (Å²) in [5.74, 6) is 5.45. The molecule has 9 heteroatoms. The summed E-state index contributed by atoms with van der Waals surface area (Å²) in [5, 5.41) is 8.22. The molecule has 0 fully saturated rings. The van der Waals surface area contributed by atoms with Crippen LogP contribution in [-0.2, 0) is 30.9 Å². The van der Waals surface area contributed by atoms with Crippen LogP contribution in [0.25, 0.3) is 0 Å². The molecular formula is C28H53N5O4. The Balaban J connectivity index is 1.92. The quantitative estimate of drug-likeness (QED) is 0.109. The highest BCUT2D eigenvalue weighted by atomic mass is 16.6. The number of hydrazone groups is 1. The molecule has 0 atom stereocenters. The van der Waals surface area contributed by atoms with E-state index in [1.807, 2.05) is 10.9 Å². The Hall–Kier alpha value is -1.81. The summed E-state index contributed by atoms with van der Waals surface area (Å²) in [4.78, 5) is 4.42. The molecule has 0 aliphatic heterocycles. The molecule has 0 amide bonds. The standard InChI is InChI=1S/C28H53N5O4/c1-27(2,3)11-14-34-15-16-35-17-18-36-19-20-37-24-26(32-29)22-30-12-9-7-8-10-13-33-23-25(21-31-33)28(4,5)6/h21-23H,7-20,24,29H2,1-6H3/b30-22?,32-26+. The number of ether oxygens (including phenoxy) is 4. The molecule has 9 nitrogen and oxygen atoms in total. The van der Waals surface area contributed by atoms with Gasteiger partial charge in [0.05, 0.1) is 52.4 Å². The first-order valence-electron chi connectivity index (χ1n) is 13.7. The summed E-state index contributed by atoms with van der Waals surface area (Å²) >= 11 is 0. The van der Waals surface area contributed by atoms with Crippen molar-refractivity contribution in [3.8, 4) is 0 Å². The van der Waals surface area contributed by atoms with Crippen LogP contribution < -0.4 is 5.84 Å². The molecule has 2 N–H and O–H groups in total. The number of unbranched alkanes of at least 4 members (excludes halogenated alkanes) is 3. The van der Waals surface area contributed by atoms with Crippen LogP contribution in [0.15, 0.2) is 22.5 Å². The predicted octanol–water partition coefficient (Wildman–Crippen LogP) is 4.63. The van der Waals surface area contributed by atoms with Crippen molar-refractivity contribution in [2.75, 3.05) is 59.4 Å². The third-order valence-electron chi connectivity index (χ3n) is 5.69. The average molecular weight is 524 g/mol. The molecule has 0 radical (unpaired) electrons. The Kier molecular flexibility index (Phi) is 17.3. The van der Waals surface area contributed by atoms with E-state index < -0.39 is 0 Å². The van der Waals surface area contributed by atoms with E-state index in [1.165, 1.54) is 5.56 Å². The maximum Gasteiger partial charge on any atom is 0.103 e. The average Bonchev–Trinajstić information content (AvgIpc) is 3.31. The van der Waals surface area contributed by atoms with E-state index in [4.69, 9.17) is 24.8 Å². The third kappa shape index (κ3) is 19.0. The molecule has 37 heavy (non-hydrogen) atoms. The predicted molar refractivity (Wildman–Crippen MR) is 152 cm³/mol. The summed E-state index contributed by atoms with van der Waals surface area (Å²) in [7, 11) is 0. The van der Waals surface area contributed by atoms with Gasteiger partial charge in [0.2, 0.25) is 0 Å². The Morgan fingerprint density at radius 3 is 2.03 bits per heavy atom. The van der Waals surface area contributed by atoms with Crippen LogP contribution in [0.1, 0.15) is 79.2 Å². The van der Waals surface area contributed by atoms with E-state index in [1.54, 1.807) is 6.21 Å². The lowest BCUT2D eigenvalue weighted by Gasteiger charge is -2.17. The second-order valence-corrected chi connectivity index (χ2v) is 11.5. The van der Waals surface area contributed by atoms with E-state index in [-0.39, 0.29) is 5.41 Å². The topological polar surface area (TPSA) is 105 Å². The maximum absolute atomic E-state index is 5.56. The van der Waals surface area contributed by atoms with Gasteiger partial charge in [0.1, 0.15) is 5.71 Å². The van der Waals surface area contributed by atoms with Crippen LogP contribution in [0.5, 0.6) is 0 Å². The van der Waals surface area contributed by atoms with Crippen LogP contribution >= 0.6 is 0 Å². The lowest BCUT2D eigenvalue weighted by Crippen LogP contribution is -2.17. The molecule has 0 bridgehead atoms. The van der Waals surface area contributed by atoms with Crippen LogP contribution in [0.3, 0.4) is 0 Å². The Bertz CT molecular complexity index is 750. The highest BCUT2D eigenvalue weighted by Crippen LogP contribution is 2.21. The van der Waals surface area contributed by atoms with Gasteiger partial charge in [0.15, 0.2) is 0 Å². The van der Waals surface area contributed by atoms with Gasteiger partial charge in [-0.3, -0.25) is 9.67 Å². The minimum Gasteiger partial charge on any atom is -0.379 e. The molecule has 1 heterocycles. The molecule has 0 saturated carbocycles. The summed E-state index contributed by atoms with van der Waals surface area (Å²) in [6.07, 6.45) is 11.4. The fourth-order valence-corrected chi connectivity index (χ4v) is 3.20. The molecule has 0 spiro atoms. The summed E-state index contributed by atoms with van der Waals surface area (Å²) < 4.78 is 24.2. The molecule has 0 aromatic carbocycles. The molecule has 0 saturated heterocycles. The zero-order chi connectivity index (χ0) is 27.4. The number of nitrogens with two attached hydrogens (primary N) is 1. The largest absolute Gasteiger partial charge is 0.379 e. The molecule has 1 rings (SSSR count). The van der Waals surface area contributed by atoms with Crippen molar-refractivity contribution in [2.24, 2.45) is 21.4 Å². The van der Waals surface area contributed by atoms with Gasteiger partial charge >= 0.3 is 0 Å². The molecular weight excluding hydrogens is 470 g/mol. The van der Waals surface area contributed by atoms with E-state index in [0.29, 0.717) is 57.4 Å². The van der Waals surface area contributed by atoms with E-state index >= 15 is 0 Å². The third-order valence-corrected chi connectivity index (χ3v) is 5.69. The van der Waals surface area contributed by atoms with Crippen molar-refractivity contribution >= 4 is 11.9 Å². The lowest BCUT2D eigenvalue weighted by molar-refractivity contribution is -0.000828. The minimum atomic E-state index is 0.151. The second kappa shape index (κ2) is 19.3. The van der Waals surface area contributed by atoms with Crippen molar-refractivity contribution in [2.45, 2.75) is 85.6 Å². The SMILES string of the molecule is CC(C)(C)CCOCCOCCOCCOC/C(C=NCCCCCCn1cc(C(C)(C)C)cn1)=N/N. The van der Waals surface area contributed by atoms with Crippen molar-refractivity contribution in [3.05, 3.63) is 18.0 Å². The number of nitrogens with zero attached hydrogens (tertiary/aromatic N) is 4. The first-order valence-corrected chi connectivity index (χ1v) is 13.7. The van der Waals surface area contributed by atoms with Crippen molar-refractivity contribution in [1.29, 1.82) is 0 Å². The molecule has 214 valence electrons. The zero-order valence-corrected chi connectivity index (χ0v) is 24.3. The number of hydrogen-bond donors (Lipinski definition) is 1. The van der Waals surface area contributed by atoms with Gasteiger partial charge in [-0.2, -0.15) is 10.2 Å². The van der Waals surface area contributed by atoms with Gasteiger partial charge in [0, 0.05) is 32.1 Å². The number of aromatic nitrogens is 2. The Morgan fingerprint density at radius 2 is 1.46 bits per heavy atom. The zero-order valence-electron chi connectivity index (χ0n) is 24.3. The van der Waals surface area contributed by atoms with Gasteiger partial charge in [0.25, 0.3) is 0 Å². The van der Waals surface area contributed by atoms with Crippen molar-refractivity contribution in [3.63, 3.8) is 0 Å². The smallest absolute Gasteiger partial charge is 0.103 e. The highest BCUT2D eigenvalue weighted by molar-refractivity contribution is 6.31. The number of aliphatic imine (C=N–C) groups is 1. The summed E-state index contributed by atoms with van der Waals surface area (Å²) in [6.45, 7) is 19.3. The van der Waals surface area contributed by atoms with Crippen LogP contribution in [0, 0.1) is 5.41 Å². The second-order valence-electron chi connectivity index (χ2n) is 11.5. The monoisotopic (exact) mass is 523 g/mol. The van der Waals surface area contributed by atoms with Gasteiger partial charge < -0.3 is 24.8 Å². The fourth-order valence-electron chi connectivity index (χ4n) is 3.20. The first-order chi connectivity index (χ1) is 17.6. The molecule has 1 aromatic rings. The highest BCUT2D eigenvalue weighted by Gasteiger charge is 2.15. The first kappa shape index (κ1) is 33.2. The van der Waals surface area contributed by atoms with Crippen molar-refractivity contribution in [1.82, 2.24) is 9.78 Å². The van der Waals surface area contributed by atoms with Gasteiger partial charge in [-0.05, 0) is 35.7 Å². The number of rotatable bonds is 21. The van der Waals surface area contributed by atoms with Crippen molar-refractivity contribution < 1.29 is 18.9 Å². The summed E-state index contributed by atoms with van der Waals surface area (Å²) in [6, 6.07) is 0. The Morgan fingerprint density at radius 1 is 0.865 bits per heavy atom. The Labute approximate surface area is 225 Å². The van der Waals surface area contributed by atoms with E-state index in [0.717, 1.165) is 51.8 Å². The maximum atomic E-state index is 5.56.